The monoisotopic (exact) mass is 274 g/mol. The molecule has 0 saturated carbocycles. The van der Waals surface area contributed by atoms with Gasteiger partial charge in [-0.3, -0.25) is 4.98 Å². The van der Waals surface area contributed by atoms with E-state index < -0.39 is 6.09 Å². The molecule has 0 spiro atoms. The Hall–Kier alpha value is -2.43. The van der Waals surface area contributed by atoms with Crippen LogP contribution in [0.2, 0.25) is 0 Å². The number of amides is 1. The third-order valence-corrected chi connectivity index (χ3v) is 3.06. The van der Waals surface area contributed by atoms with Crippen molar-refractivity contribution in [2.45, 2.75) is 19.9 Å². The molecular formula is C15H15FN2O2. The molecule has 0 saturated heterocycles. The summed E-state index contributed by atoms with van der Waals surface area (Å²) in [5.41, 5.74) is 2.95. The Balaban J connectivity index is 2.23. The first kappa shape index (κ1) is 14.0. The van der Waals surface area contributed by atoms with Crippen molar-refractivity contribution >= 4 is 6.09 Å². The molecule has 0 fully saturated rings. The quantitative estimate of drug-likeness (QED) is 0.900. The average molecular weight is 274 g/mol. The SMILES string of the molecule is Cc1cc(-c2ccc([C@H](C)NC(=O)O)nc2)ccc1F. The van der Waals surface area contributed by atoms with Crippen LogP contribution in [0.1, 0.15) is 24.2 Å². The van der Waals surface area contributed by atoms with Gasteiger partial charge in [0, 0.05) is 11.8 Å². The fourth-order valence-electron chi connectivity index (χ4n) is 1.92. The Bertz CT molecular complexity index is 626. The maximum absolute atomic E-state index is 13.2. The standard InChI is InChI=1S/C15H15FN2O2/c1-9-7-11(3-5-13(9)16)12-4-6-14(17-8-12)10(2)18-15(19)20/h3-8,10,18H,1-2H3,(H,19,20)/t10-/m0/s1. The molecule has 4 nitrogen and oxygen atoms in total. The zero-order chi connectivity index (χ0) is 14.7. The van der Waals surface area contributed by atoms with Crippen molar-refractivity contribution in [1.29, 1.82) is 0 Å². The second kappa shape index (κ2) is 5.69. The molecule has 1 aromatic carbocycles. The van der Waals surface area contributed by atoms with Crippen molar-refractivity contribution < 1.29 is 14.3 Å². The number of nitrogens with zero attached hydrogens (tertiary/aromatic N) is 1. The van der Waals surface area contributed by atoms with Crippen molar-refractivity contribution in [2.75, 3.05) is 0 Å². The third-order valence-electron chi connectivity index (χ3n) is 3.06. The van der Waals surface area contributed by atoms with Gasteiger partial charge in [0.25, 0.3) is 0 Å². The molecule has 1 aromatic heterocycles. The van der Waals surface area contributed by atoms with E-state index in [1.807, 2.05) is 6.07 Å². The molecule has 0 radical (unpaired) electrons. The number of pyridine rings is 1. The summed E-state index contributed by atoms with van der Waals surface area (Å²) in [5, 5.41) is 11.0. The van der Waals surface area contributed by atoms with Crippen molar-refractivity contribution in [1.82, 2.24) is 10.3 Å². The van der Waals surface area contributed by atoms with Crippen LogP contribution in [-0.2, 0) is 0 Å². The first-order chi connectivity index (χ1) is 9.47. The minimum absolute atomic E-state index is 0.238. The lowest BCUT2D eigenvalue weighted by atomic mass is 10.0. The lowest BCUT2D eigenvalue weighted by molar-refractivity contribution is 0.190. The number of nitrogens with one attached hydrogen (secondary N) is 1. The van der Waals surface area contributed by atoms with Gasteiger partial charge in [0.05, 0.1) is 11.7 Å². The Morgan fingerprint density at radius 1 is 1.30 bits per heavy atom. The van der Waals surface area contributed by atoms with Gasteiger partial charge in [0.2, 0.25) is 0 Å². The Morgan fingerprint density at radius 2 is 2.00 bits per heavy atom. The Kier molecular flexibility index (Phi) is 3.98. The molecule has 104 valence electrons. The van der Waals surface area contributed by atoms with Crippen LogP contribution in [-0.4, -0.2) is 16.2 Å². The summed E-state index contributed by atoms with van der Waals surface area (Å²) < 4.78 is 13.2. The molecule has 0 aliphatic carbocycles. The molecule has 0 aliphatic rings. The van der Waals surface area contributed by atoms with E-state index in [0.717, 1.165) is 11.1 Å². The second-order valence-electron chi connectivity index (χ2n) is 4.61. The maximum Gasteiger partial charge on any atom is 0.405 e. The molecule has 0 unspecified atom stereocenters. The van der Waals surface area contributed by atoms with E-state index in [9.17, 15) is 9.18 Å². The second-order valence-corrected chi connectivity index (χ2v) is 4.61. The van der Waals surface area contributed by atoms with Gasteiger partial charge in [-0.15, -0.1) is 0 Å². The summed E-state index contributed by atoms with van der Waals surface area (Å²) in [6, 6.07) is 8.09. The smallest absolute Gasteiger partial charge is 0.405 e. The van der Waals surface area contributed by atoms with Crippen molar-refractivity contribution in [3.05, 3.63) is 53.6 Å². The number of aromatic nitrogens is 1. The van der Waals surface area contributed by atoms with Crippen molar-refractivity contribution in [2.24, 2.45) is 0 Å². The van der Waals surface area contributed by atoms with E-state index in [0.29, 0.717) is 11.3 Å². The number of halogens is 1. The molecule has 1 amide bonds. The van der Waals surface area contributed by atoms with Gasteiger partial charge >= 0.3 is 6.09 Å². The molecule has 1 heterocycles. The summed E-state index contributed by atoms with van der Waals surface area (Å²) in [7, 11) is 0. The van der Waals surface area contributed by atoms with Gasteiger partial charge < -0.3 is 10.4 Å². The number of rotatable bonds is 3. The molecule has 2 aromatic rings. The summed E-state index contributed by atoms with van der Waals surface area (Å²) in [4.78, 5) is 14.8. The molecule has 20 heavy (non-hydrogen) atoms. The van der Waals surface area contributed by atoms with Gasteiger partial charge in [-0.1, -0.05) is 12.1 Å². The highest BCUT2D eigenvalue weighted by Crippen LogP contribution is 2.22. The number of carbonyl (C=O) groups is 1. The Labute approximate surface area is 116 Å². The van der Waals surface area contributed by atoms with E-state index in [4.69, 9.17) is 5.11 Å². The molecule has 2 N–H and O–H groups in total. The van der Waals surface area contributed by atoms with Crippen LogP contribution in [0, 0.1) is 12.7 Å². The zero-order valence-corrected chi connectivity index (χ0v) is 11.2. The van der Waals surface area contributed by atoms with Crippen LogP contribution in [0.3, 0.4) is 0 Å². The van der Waals surface area contributed by atoms with Gasteiger partial charge in [-0.05, 0) is 43.2 Å². The lowest BCUT2D eigenvalue weighted by Gasteiger charge is -2.11. The minimum atomic E-state index is -1.09. The van der Waals surface area contributed by atoms with Crippen molar-refractivity contribution in [3.63, 3.8) is 0 Å². The first-order valence-electron chi connectivity index (χ1n) is 6.19. The van der Waals surface area contributed by atoms with E-state index in [2.05, 4.69) is 10.3 Å². The fourth-order valence-corrected chi connectivity index (χ4v) is 1.92. The largest absolute Gasteiger partial charge is 0.465 e. The minimum Gasteiger partial charge on any atom is -0.465 e. The predicted molar refractivity (Wildman–Crippen MR) is 73.9 cm³/mol. The molecule has 1 atom stereocenters. The highest BCUT2D eigenvalue weighted by molar-refractivity contribution is 5.65. The summed E-state index contributed by atoms with van der Waals surface area (Å²) in [5.74, 6) is -0.238. The van der Waals surface area contributed by atoms with E-state index in [1.165, 1.54) is 6.07 Å². The van der Waals surface area contributed by atoms with Gasteiger partial charge in [-0.25, -0.2) is 9.18 Å². The molecule has 0 bridgehead atoms. The van der Waals surface area contributed by atoms with Crippen LogP contribution >= 0.6 is 0 Å². The van der Waals surface area contributed by atoms with Gasteiger partial charge in [-0.2, -0.15) is 0 Å². The summed E-state index contributed by atoms with van der Waals surface area (Å²) in [6.07, 6.45) is 0.569. The molecular weight excluding hydrogens is 259 g/mol. The van der Waals surface area contributed by atoms with Crippen LogP contribution in [0.25, 0.3) is 11.1 Å². The third kappa shape index (κ3) is 3.12. The number of hydrogen-bond donors (Lipinski definition) is 2. The van der Waals surface area contributed by atoms with E-state index in [-0.39, 0.29) is 11.9 Å². The van der Waals surface area contributed by atoms with Crippen LogP contribution in [0.5, 0.6) is 0 Å². The first-order valence-corrected chi connectivity index (χ1v) is 6.19. The number of carboxylic acid groups (broad SMARTS) is 1. The van der Waals surface area contributed by atoms with E-state index in [1.54, 1.807) is 38.2 Å². The summed E-state index contributed by atoms with van der Waals surface area (Å²) in [6.45, 7) is 3.43. The van der Waals surface area contributed by atoms with Crippen LogP contribution < -0.4 is 5.32 Å². The normalized spacial score (nSPS) is 11.9. The van der Waals surface area contributed by atoms with Crippen LogP contribution in [0.15, 0.2) is 36.5 Å². The highest BCUT2D eigenvalue weighted by atomic mass is 19.1. The maximum atomic E-state index is 13.2. The van der Waals surface area contributed by atoms with Gasteiger partial charge in [0.1, 0.15) is 5.82 Å². The number of benzene rings is 1. The summed E-state index contributed by atoms with van der Waals surface area (Å²) >= 11 is 0. The molecule has 5 heteroatoms. The zero-order valence-electron chi connectivity index (χ0n) is 11.2. The lowest BCUT2D eigenvalue weighted by Crippen LogP contribution is -2.25. The highest BCUT2D eigenvalue weighted by Gasteiger charge is 2.10. The van der Waals surface area contributed by atoms with Gasteiger partial charge in [0.15, 0.2) is 0 Å². The topological polar surface area (TPSA) is 62.2 Å². The fraction of sp³-hybridized carbons (Fsp3) is 0.200. The average Bonchev–Trinajstić information content (AvgIpc) is 2.41. The molecule has 2 rings (SSSR count). The number of hydrogen-bond acceptors (Lipinski definition) is 2. The van der Waals surface area contributed by atoms with E-state index >= 15 is 0 Å². The number of aryl methyl sites for hydroxylation is 1. The van der Waals surface area contributed by atoms with Crippen molar-refractivity contribution in [3.8, 4) is 11.1 Å². The predicted octanol–water partition coefficient (Wildman–Crippen LogP) is 3.52. The Morgan fingerprint density at radius 3 is 2.55 bits per heavy atom. The van der Waals surface area contributed by atoms with Crippen LogP contribution in [0.4, 0.5) is 9.18 Å². The molecule has 0 aliphatic heterocycles.